The summed E-state index contributed by atoms with van der Waals surface area (Å²) in [6.45, 7) is 8.36. The first kappa shape index (κ1) is 18.0. The highest BCUT2D eigenvalue weighted by molar-refractivity contribution is 5.82. The molecular formula is C23H32O3. The van der Waals surface area contributed by atoms with E-state index in [1.165, 1.54) is 30.9 Å². The Kier molecular flexibility index (Phi) is 4.20. The molecule has 3 heteroatoms. The van der Waals surface area contributed by atoms with Gasteiger partial charge in [-0.25, -0.2) is 0 Å². The van der Waals surface area contributed by atoms with E-state index in [2.05, 4.69) is 26.0 Å². The molecule has 3 nitrogen and oxygen atoms in total. The van der Waals surface area contributed by atoms with Crippen LogP contribution in [0, 0.1) is 28.6 Å². The lowest BCUT2D eigenvalue weighted by atomic mass is 9.47. The normalized spacial score (nSPS) is 42.8. The minimum atomic E-state index is -0.191. The molecule has 0 amide bonds. The predicted octanol–water partition coefficient (Wildman–Crippen LogP) is 5.01. The van der Waals surface area contributed by atoms with E-state index in [1.54, 1.807) is 0 Å². The molecule has 0 heterocycles. The van der Waals surface area contributed by atoms with Crippen LogP contribution in [0.3, 0.4) is 0 Å². The third-order valence-electron chi connectivity index (χ3n) is 8.36. The highest BCUT2D eigenvalue weighted by Gasteiger charge is 2.57. The van der Waals surface area contributed by atoms with E-state index in [0.29, 0.717) is 30.0 Å². The highest BCUT2D eigenvalue weighted by atomic mass is 16.5. The van der Waals surface area contributed by atoms with Crippen LogP contribution >= 0.6 is 0 Å². The third-order valence-corrected chi connectivity index (χ3v) is 8.36. The van der Waals surface area contributed by atoms with E-state index < -0.39 is 0 Å². The second-order valence-corrected chi connectivity index (χ2v) is 9.58. The first-order valence-electron chi connectivity index (χ1n) is 10.3. The topological polar surface area (TPSA) is 43.4 Å². The van der Waals surface area contributed by atoms with Gasteiger partial charge in [0, 0.05) is 19.8 Å². The van der Waals surface area contributed by atoms with Gasteiger partial charge >= 0.3 is 5.97 Å². The number of Topliss-reactive ketones (excluding diaryl/α,β-unsaturated/α-hetero) is 1. The fraction of sp³-hybridized carbons (Fsp3) is 0.739. The number of carbonyl (C=O) groups excluding carboxylic acids is 2. The van der Waals surface area contributed by atoms with Gasteiger partial charge in [0.1, 0.15) is 11.9 Å². The molecule has 6 unspecified atom stereocenters. The standard InChI is InChI=1S/C23H32O3/c1-14(26-15(2)24)19-7-8-20-18-6-5-16-13-17(25)9-11-22(16,3)21(18)10-12-23(19,20)4/h5,7,14,18,20-21H,6,8-13H2,1-4H3. The van der Waals surface area contributed by atoms with Gasteiger partial charge in [-0.3, -0.25) is 9.59 Å². The van der Waals surface area contributed by atoms with Crippen LogP contribution in [0.2, 0.25) is 0 Å². The van der Waals surface area contributed by atoms with Crippen molar-refractivity contribution in [2.24, 2.45) is 28.6 Å². The smallest absolute Gasteiger partial charge is 0.303 e. The zero-order valence-corrected chi connectivity index (χ0v) is 16.6. The second kappa shape index (κ2) is 6.07. The molecule has 4 rings (SSSR count). The third kappa shape index (κ3) is 2.53. The summed E-state index contributed by atoms with van der Waals surface area (Å²) in [7, 11) is 0. The Balaban J connectivity index is 1.61. The molecule has 0 saturated heterocycles. The van der Waals surface area contributed by atoms with E-state index in [9.17, 15) is 9.59 Å². The fourth-order valence-corrected chi connectivity index (χ4v) is 7.02. The van der Waals surface area contributed by atoms with E-state index in [0.717, 1.165) is 25.7 Å². The molecule has 0 radical (unpaired) electrons. The molecule has 2 fully saturated rings. The molecule has 0 bridgehead atoms. The van der Waals surface area contributed by atoms with Crippen LogP contribution < -0.4 is 0 Å². The zero-order valence-electron chi connectivity index (χ0n) is 16.6. The van der Waals surface area contributed by atoms with Crippen LogP contribution in [0.15, 0.2) is 23.3 Å². The van der Waals surface area contributed by atoms with Crippen molar-refractivity contribution in [3.63, 3.8) is 0 Å². The number of hydrogen-bond acceptors (Lipinski definition) is 3. The van der Waals surface area contributed by atoms with E-state index in [1.807, 2.05) is 6.92 Å². The average molecular weight is 357 g/mol. The van der Waals surface area contributed by atoms with Crippen LogP contribution in [0.5, 0.6) is 0 Å². The number of rotatable bonds is 2. The summed E-state index contributed by atoms with van der Waals surface area (Å²) in [5.74, 6) is 2.26. The number of esters is 1. The lowest BCUT2D eigenvalue weighted by Crippen LogP contribution is -2.50. The quantitative estimate of drug-likeness (QED) is 0.516. The molecule has 0 spiro atoms. The number of fused-ring (bicyclic) bond motifs is 5. The molecule has 4 aliphatic carbocycles. The molecule has 142 valence electrons. The number of ether oxygens (including phenoxy) is 1. The predicted molar refractivity (Wildman–Crippen MR) is 101 cm³/mol. The Morgan fingerprint density at radius 3 is 2.65 bits per heavy atom. The summed E-state index contributed by atoms with van der Waals surface area (Å²) in [5.41, 5.74) is 3.15. The van der Waals surface area contributed by atoms with Gasteiger partial charge in [0.15, 0.2) is 0 Å². The fourth-order valence-electron chi connectivity index (χ4n) is 7.02. The summed E-state index contributed by atoms with van der Waals surface area (Å²) < 4.78 is 5.55. The van der Waals surface area contributed by atoms with Crippen molar-refractivity contribution in [1.29, 1.82) is 0 Å². The summed E-state index contributed by atoms with van der Waals surface area (Å²) >= 11 is 0. The van der Waals surface area contributed by atoms with Crippen molar-refractivity contribution < 1.29 is 14.3 Å². The molecule has 4 aliphatic rings. The summed E-state index contributed by atoms with van der Waals surface area (Å²) in [6.07, 6.45) is 11.8. The number of hydrogen-bond donors (Lipinski definition) is 0. The first-order valence-corrected chi connectivity index (χ1v) is 10.3. The molecule has 6 atom stereocenters. The highest BCUT2D eigenvalue weighted by Crippen LogP contribution is 2.65. The molecule has 0 aliphatic heterocycles. The second-order valence-electron chi connectivity index (χ2n) is 9.58. The number of allylic oxidation sites excluding steroid dienone is 3. The Bertz CT molecular complexity index is 702. The van der Waals surface area contributed by atoms with Crippen molar-refractivity contribution in [3.8, 4) is 0 Å². The minimum absolute atomic E-state index is 0.114. The first-order chi connectivity index (χ1) is 12.3. The summed E-state index contributed by atoms with van der Waals surface area (Å²) in [6, 6.07) is 0. The van der Waals surface area contributed by atoms with Gasteiger partial charge < -0.3 is 4.74 Å². The van der Waals surface area contributed by atoms with Crippen molar-refractivity contribution in [2.75, 3.05) is 0 Å². The van der Waals surface area contributed by atoms with Crippen molar-refractivity contribution in [1.82, 2.24) is 0 Å². The van der Waals surface area contributed by atoms with Crippen LogP contribution in [0.1, 0.15) is 72.6 Å². The van der Waals surface area contributed by atoms with Crippen LogP contribution in [-0.4, -0.2) is 17.9 Å². The van der Waals surface area contributed by atoms with Crippen molar-refractivity contribution >= 4 is 11.8 Å². The largest absolute Gasteiger partial charge is 0.458 e. The molecular weight excluding hydrogens is 324 g/mol. The van der Waals surface area contributed by atoms with Gasteiger partial charge in [-0.15, -0.1) is 0 Å². The zero-order chi connectivity index (χ0) is 18.7. The lowest BCUT2D eigenvalue weighted by Gasteiger charge is -2.57. The maximum absolute atomic E-state index is 12.0. The number of ketones is 1. The molecule has 26 heavy (non-hydrogen) atoms. The number of carbonyl (C=O) groups is 2. The Morgan fingerprint density at radius 2 is 1.92 bits per heavy atom. The minimum Gasteiger partial charge on any atom is -0.458 e. The maximum Gasteiger partial charge on any atom is 0.303 e. The van der Waals surface area contributed by atoms with Crippen LogP contribution in [0.4, 0.5) is 0 Å². The average Bonchev–Trinajstić information content (AvgIpc) is 2.92. The Morgan fingerprint density at radius 1 is 1.15 bits per heavy atom. The van der Waals surface area contributed by atoms with Crippen LogP contribution in [0.25, 0.3) is 0 Å². The van der Waals surface area contributed by atoms with Gasteiger partial charge in [0.2, 0.25) is 0 Å². The van der Waals surface area contributed by atoms with Gasteiger partial charge in [0.05, 0.1) is 0 Å². The molecule has 0 N–H and O–H groups in total. The van der Waals surface area contributed by atoms with Gasteiger partial charge in [0.25, 0.3) is 0 Å². The maximum atomic E-state index is 12.0. The summed E-state index contributed by atoms with van der Waals surface area (Å²) in [5, 5.41) is 0. The molecule has 0 aromatic heterocycles. The monoisotopic (exact) mass is 356 g/mol. The van der Waals surface area contributed by atoms with Gasteiger partial charge in [-0.05, 0) is 73.2 Å². The Hall–Kier alpha value is -1.38. The van der Waals surface area contributed by atoms with E-state index in [4.69, 9.17) is 4.74 Å². The Labute approximate surface area is 157 Å². The van der Waals surface area contributed by atoms with Crippen LogP contribution in [-0.2, 0) is 14.3 Å². The van der Waals surface area contributed by atoms with Crippen molar-refractivity contribution in [3.05, 3.63) is 23.3 Å². The summed E-state index contributed by atoms with van der Waals surface area (Å²) in [4.78, 5) is 23.4. The molecule has 2 saturated carbocycles. The molecule has 0 aromatic rings. The van der Waals surface area contributed by atoms with Gasteiger partial charge in [-0.1, -0.05) is 31.6 Å². The molecule has 0 aromatic carbocycles. The van der Waals surface area contributed by atoms with Crippen molar-refractivity contribution in [2.45, 2.75) is 78.7 Å². The van der Waals surface area contributed by atoms with E-state index >= 15 is 0 Å². The van der Waals surface area contributed by atoms with Gasteiger partial charge in [-0.2, -0.15) is 0 Å². The SMILES string of the molecule is CC(=O)OC(C)C1=CCC2C3CC=C4CC(=O)CCC4(C)C3CCC12C. The van der Waals surface area contributed by atoms with E-state index in [-0.39, 0.29) is 22.9 Å². The lowest BCUT2D eigenvalue weighted by molar-refractivity contribution is -0.144.